The summed E-state index contributed by atoms with van der Waals surface area (Å²) >= 11 is 6.52. The fourth-order valence-electron chi connectivity index (χ4n) is 6.08. The number of carbonyl (C=O) groups is 2. The second-order valence-electron chi connectivity index (χ2n) is 10.4. The van der Waals surface area contributed by atoms with Gasteiger partial charge in [0.2, 0.25) is 5.95 Å². The molecule has 7 rings (SSSR count). The van der Waals surface area contributed by atoms with Crippen LogP contribution in [0.3, 0.4) is 0 Å². The van der Waals surface area contributed by atoms with E-state index in [0.717, 1.165) is 48.6 Å². The Morgan fingerprint density at radius 3 is 2.62 bits per heavy atom. The molecule has 0 saturated heterocycles. The Morgan fingerprint density at radius 2 is 1.82 bits per heavy atom. The smallest absolute Gasteiger partial charge is 0.300 e. The number of hydrogen-bond donors (Lipinski definition) is 4. The van der Waals surface area contributed by atoms with Gasteiger partial charge in [-0.25, -0.2) is 9.97 Å². The zero-order valence-corrected chi connectivity index (χ0v) is 22.2. The summed E-state index contributed by atoms with van der Waals surface area (Å²) in [5, 5.41) is 11.1. The molecule has 4 aromatic rings. The van der Waals surface area contributed by atoms with Gasteiger partial charge >= 0.3 is 0 Å². The Balaban J connectivity index is 1.14. The van der Waals surface area contributed by atoms with Crippen LogP contribution in [0.5, 0.6) is 0 Å². The summed E-state index contributed by atoms with van der Waals surface area (Å²) in [7, 11) is 0. The molecule has 2 amide bonds. The van der Waals surface area contributed by atoms with Crippen LogP contribution in [-0.2, 0) is 4.79 Å². The van der Waals surface area contributed by atoms with Crippen LogP contribution in [-0.4, -0.2) is 37.8 Å². The number of hydrogen-bond acceptors (Lipinski definition) is 5. The van der Waals surface area contributed by atoms with Crippen LogP contribution >= 0.6 is 11.6 Å². The van der Waals surface area contributed by atoms with Crippen molar-refractivity contribution in [3.05, 3.63) is 71.5 Å². The van der Waals surface area contributed by atoms with Crippen molar-refractivity contribution in [1.29, 1.82) is 0 Å². The van der Waals surface area contributed by atoms with E-state index >= 15 is 0 Å². The molecule has 3 aliphatic carbocycles. The highest BCUT2D eigenvalue weighted by atomic mass is 35.5. The Labute approximate surface area is 231 Å². The Bertz CT molecular complexity index is 1640. The minimum Gasteiger partial charge on any atom is -0.360 e. The topological polar surface area (TPSA) is 112 Å². The number of carbonyl (C=O) groups excluding carboxylic acids is 2. The number of nitrogens with zero attached hydrogens (tertiary/aromatic N) is 2. The summed E-state index contributed by atoms with van der Waals surface area (Å²) in [6.45, 7) is 1.60. The predicted molar refractivity (Wildman–Crippen MR) is 152 cm³/mol. The zero-order valence-electron chi connectivity index (χ0n) is 21.4. The second kappa shape index (κ2) is 9.75. The van der Waals surface area contributed by atoms with Crippen LogP contribution in [0.25, 0.3) is 22.2 Å². The number of halogens is 1. The first-order chi connectivity index (χ1) is 18.9. The number of benzene rings is 2. The van der Waals surface area contributed by atoms with Gasteiger partial charge in [-0.05, 0) is 75.3 Å². The van der Waals surface area contributed by atoms with Crippen molar-refractivity contribution in [1.82, 2.24) is 20.3 Å². The Hall–Kier alpha value is -4.35. The number of H-pyrrole nitrogens is 1. The van der Waals surface area contributed by atoms with Crippen molar-refractivity contribution in [3.8, 4) is 23.1 Å². The minimum atomic E-state index is -0.382. The molecule has 3 aliphatic rings. The monoisotopic (exact) mass is 538 g/mol. The van der Waals surface area contributed by atoms with E-state index in [-0.39, 0.29) is 22.9 Å². The van der Waals surface area contributed by atoms with Crippen LogP contribution in [0.1, 0.15) is 49.4 Å². The third-order valence-electron chi connectivity index (χ3n) is 7.65. The van der Waals surface area contributed by atoms with Gasteiger partial charge in [-0.2, -0.15) is 0 Å². The number of aromatic nitrogens is 3. The first-order valence-electron chi connectivity index (χ1n) is 12.9. The number of anilines is 2. The first-order valence-corrected chi connectivity index (χ1v) is 13.3. The van der Waals surface area contributed by atoms with Gasteiger partial charge in [0.05, 0.1) is 16.9 Å². The maximum atomic E-state index is 13.1. The largest absolute Gasteiger partial charge is 0.360 e. The van der Waals surface area contributed by atoms with Crippen molar-refractivity contribution >= 4 is 46.0 Å². The number of aromatic amines is 1. The third-order valence-corrected chi connectivity index (χ3v) is 7.93. The van der Waals surface area contributed by atoms with Crippen LogP contribution in [0.4, 0.5) is 11.6 Å². The average Bonchev–Trinajstić information content (AvgIpc) is 3.34. The highest BCUT2D eigenvalue weighted by Crippen LogP contribution is 2.53. The summed E-state index contributed by atoms with van der Waals surface area (Å²) < 4.78 is 0. The van der Waals surface area contributed by atoms with E-state index in [1.54, 1.807) is 37.4 Å². The van der Waals surface area contributed by atoms with Crippen molar-refractivity contribution in [3.63, 3.8) is 0 Å². The zero-order chi connectivity index (χ0) is 27.0. The molecule has 0 spiro atoms. The Kier molecular flexibility index (Phi) is 6.24. The van der Waals surface area contributed by atoms with Gasteiger partial charge in [-0.1, -0.05) is 35.7 Å². The molecule has 2 bridgehead atoms. The molecular formula is C30H27ClN6O2. The van der Waals surface area contributed by atoms with Crippen molar-refractivity contribution < 1.29 is 9.59 Å². The van der Waals surface area contributed by atoms with Gasteiger partial charge in [-0.15, -0.1) is 0 Å². The molecule has 2 aromatic heterocycles. The van der Waals surface area contributed by atoms with E-state index in [4.69, 9.17) is 16.6 Å². The van der Waals surface area contributed by atoms with Crippen molar-refractivity contribution in [2.75, 3.05) is 10.6 Å². The molecule has 2 heterocycles. The van der Waals surface area contributed by atoms with Crippen molar-refractivity contribution in [2.45, 2.75) is 50.1 Å². The molecule has 8 nitrogen and oxygen atoms in total. The number of para-hydroxylation sites is 1. The normalized spacial score (nSPS) is 21.3. The molecule has 9 heteroatoms. The summed E-state index contributed by atoms with van der Waals surface area (Å²) in [6, 6.07) is 14.9. The number of rotatable bonds is 6. The first kappa shape index (κ1) is 25.0. The highest BCUT2D eigenvalue weighted by Gasteiger charge is 2.58. The summed E-state index contributed by atoms with van der Waals surface area (Å²) in [5.74, 6) is 5.02. The van der Waals surface area contributed by atoms with E-state index in [0.29, 0.717) is 27.9 Å². The minimum absolute atomic E-state index is 0.124. The average molecular weight is 539 g/mol. The van der Waals surface area contributed by atoms with Gasteiger partial charge < -0.3 is 20.9 Å². The molecule has 3 fully saturated rings. The van der Waals surface area contributed by atoms with E-state index in [1.807, 2.05) is 30.5 Å². The maximum Gasteiger partial charge on any atom is 0.300 e. The van der Waals surface area contributed by atoms with Gasteiger partial charge in [0.15, 0.2) is 0 Å². The Morgan fingerprint density at radius 1 is 1.05 bits per heavy atom. The van der Waals surface area contributed by atoms with Crippen LogP contribution in [0.15, 0.2) is 60.9 Å². The molecule has 0 unspecified atom stereocenters. The third kappa shape index (κ3) is 4.82. The lowest BCUT2D eigenvalue weighted by Gasteiger charge is -2.60. The molecule has 0 aliphatic heterocycles. The van der Waals surface area contributed by atoms with Crippen molar-refractivity contribution in [2.24, 2.45) is 0 Å². The highest BCUT2D eigenvalue weighted by molar-refractivity contribution is 6.33. The molecular weight excluding hydrogens is 512 g/mol. The van der Waals surface area contributed by atoms with E-state index in [1.165, 1.54) is 0 Å². The summed E-state index contributed by atoms with van der Waals surface area (Å²) in [4.78, 5) is 37.3. The predicted octanol–water partition coefficient (Wildman–Crippen LogP) is 5.54. The number of nitrogens with one attached hydrogen (secondary N) is 4. The fourth-order valence-corrected chi connectivity index (χ4v) is 6.27. The molecule has 196 valence electrons. The summed E-state index contributed by atoms with van der Waals surface area (Å²) in [5.41, 5.74) is 3.33. The van der Waals surface area contributed by atoms with E-state index < -0.39 is 0 Å². The number of fused-ring (bicyclic) bond motifs is 3. The lowest BCUT2D eigenvalue weighted by Crippen LogP contribution is -2.70. The number of amides is 2. The van der Waals surface area contributed by atoms with E-state index in [2.05, 4.69) is 37.8 Å². The standard InChI is InChI=1S/C30H27ClN6O2/c1-2-6-25(38)34-20-11-9-19(10-12-20)27(39)36-29-13-5-14-30(17-29,18-29)37-28-33-16-23(31)26(35-28)22-15-32-24-8-4-3-7-21(22)24/h3-4,7-12,15-16,32H,5,13-14,17-18H2,1H3,(H,34,38)(H,36,39)(H,33,35,37). The molecule has 4 N–H and O–H groups in total. The fraction of sp³-hybridized carbons (Fsp3) is 0.267. The van der Waals surface area contributed by atoms with E-state index in [9.17, 15) is 9.59 Å². The quantitative estimate of drug-likeness (QED) is 0.241. The van der Waals surface area contributed by atoms with Gasteiger partial charge in [-0.3, -0.25) is 9.59 Å². The van der Waals surface area contributed by atoms with Gasteiger partial charge in [0.1, 0.15) is 0 Å². The lowest BCUT2D eigenvalue weighted by atomic mass is 9.54. The van der Waals surface area contributed by atoms with Crippen LogP contribution in [0.2, 0.25) is 5.02 Å². The summed E-state index contributed by atoms with van der Waals surface area (Å²) in [6.07, 6.45) is 8.04. The molecule has 39 heavy (non-hydrogen) atoms. The van der Waals surface area contributed by atoms with Crippen LogP contribution < -0.4 is 16.0 Å². The lowest BCUT2D eigenvalue weighted by molar-refractivity contribution is -0.111. The van der Waals surface area contributed by atoms with Gasteiger partial charge in [0.25, 0.3) is 11.8 Å². The molecule has 2 aromatic carbocycles. The van der Waals surface area contributed by atoms with Gasteiger partial charge in [0, 0.05) is 45.0 Å². The molecule has 0 radical (unpaired) electrons. The second-order valence-corrected chi connectivity index (χ2v) is 10.8. The van der Waals surface area contributed by atoms with Crippen LogP contribution in [0, 0.1) is 11.8 Å². The molecule has 3 saturated carbocycles. The molecule has 0 atom stereocenters. The SMILES string of the molecule is CC#CC(=O)Nc1ccc(C(=O)NC23CCCC(Nc4ncc(Cl)c(-c5c[nH]c6ccccc56)n4)(C2)C3)cc1. The maximum absolute atomic E-state index is 13.1.